The molecule has 2 aromatic rings. The summed E-state index contributed by atoms with van der Waals surface area (Å²) in [6, 6.07) is 5.34. The van der Waals surface area contributed by atoms with Crippen LogP contribution in [-0.2, 0) is 21.3 Å². The number of primary sulfonamides is 1. The molecule has 0 unspecified atom stereocenters. The lowest BCUT2D eigenvalue weighted by molar-refractivity contribution is 0.183. The predicted octanol–water partition coefficient (Wildman–Crippen LogP) is 1.58. The third-order valence-electron chi connectivity index (χ3n) is 3.20. The molecule has 0 saturated heterocycles. The van der Waals surface area contributed by atoms with E-state index in [2.05, 4.69) is 20.9 Å². The summed E-state index contributed by atoms with van der Waals surface area (Å²) in [5, 5.41) is 6.06. The first-order chi connectivity index (χ1) is 11.3. The van der Waals surface area contributed by atoms with Crippen molar-refractivity contribution in [1.82, 2.24) is 9.55 Å². The summed E-state index contributed by atoms with van der Waals surface area (Å²) < 4.78 is 29.4. The zero-order chi connectivity index (χ0) is 17.7. The van der Waals surface area contributed by atoms with Crippen LogP contribution in [0.5, 0.6) is 0 Å². The first-order valence-electron chi connectivity index (χ1n) is 7.14. The number of nitrogens with two attached hydrogens (primary N) is 1. The zero-order valence-electron chi connectivity index (χ0n) is 13.1. The Hall–Kier alpha value is -0.940. The van der Waals surface area contributed by atoms with Gasteiger partial charge in [0.05, 0.1) is 29.8 Å². The summed E-state index contributed by atoms with van der Waals surface area (Å²) in [7, 11) is -1.91. The second kappa shape index (κ2) is 8.43. The molecule has 0 aliphatic carbocycles. The maximum absolute atomic E-state index is 12.7. The average Bonchev–Trinajstić information content (AvgIpc) is 2.51. The van der Waals surface area contributed by atoms with Crippen LogP contribution in [0.2, 0.25) is 0 Å². The summed E-state index contributed by atoms with van der Waals surface area (Å²) in [5.74, 6) is 0.403. The molecule has 132 valence electrons. The molecule has 0 aliphatic rings. The number of hydrogen-bond donors (Lipinski definition) is 1. The van der Waals surface area contributed by atoms with Gasteiger partial charge in [-0.15, -0.1) is 0 Å². The minimum atomic E-state index is -3.48. The molecular weight excluding hydrogens is 418 g/mol. The molecule has 10 heteroatoms. The number of methoxy groups -OCH3 is 1. The summed E-state index contributed by atoms with van der Waals surface area (Å²) in [6.07, 6.45) is 0.391. The molecule has 1 aromatic carbocycles. The number of rotatable bonds is 8. The molecule has 0 amide bonds. The van der Waals surface area contributed by atoms with Crippen LogP contribution >= 0.6 is 27.7 Å². The fourth-order valence-corrected chi connectivity index (χ4v) is 4.14. The quantitative estimate of drug-likeness (QED) is 0.383. The molecule has 0 aliphatic heterocycles. The van der Waals surface area contributed by atoms with E-state index in [4.69, 9.17) is 9.88 Å². The highest BCUT2D eigenvalue weighted by atomic mass is 79.9. The SMILES string of the molecule is COCCn1c(SCCCS(N)(=O)=O)nc2ccc(Br)cc2c1=O. The molecule has 0 bridgehead atoms. The summed E-state index contributed by atoms with van der Waals surface area (Å²) >= 11 is 4.69. The van der Waals surface area contributed by atoms with Gasteiger partial charge in [0.2, 0.25) is 10.0 Å². The van der Waals surface area contributed by atoms with E-state index in [-0.39, 0.29) is 11.3 Å². The van der Waals surface area contributed by atoms with E-state index in [1.807, 2.05) is 6.07 Å². The molecule has 0 radical (unpaired) electrons. The van der Waals surface area contributed by atoms with Crippen LogP contribution in [0, 0.1) is 0 Å². The fraction of sp³-hybridized carbons (Fsp3) is 0.429. The summed E-state index contributed by atoms with van der Waals surface area (Å²) in [4.78, 5) is 17.2. The van der Waals surface area contributed by atoms with Gasteiger partial charge in [-0.25, -0.2) is 18.5 Å². The number of thioether (sulfide) groups is 1. The molecule has 2 rings (SSSR count). The van der Waals surface area contributed by atoms with Crippen LogP contribution in [0.3, 0.4) is 0 Å². The van der Waals surface area contributed by atoms with Crippen molar-refractivity contribution in [2.45, 2.75) is 18.1 Å². The Bertz CT molecular complexity index is 883. The summed E-state index contributed by atoms with van der Waals surface area (Å²) in [6.45, 7) is 0.758. The van der Waals surface area contributed by atoms with Crippen molar-refractivity contribution >= 4 is 48.6 Å². The van der Waals surface area contributed by atoms with Crippen molar-refractivity contribution in [1.29, 1.82) is 0 Å². The maximum Gasteiger partial charge on any atom is 0.262 e. The first-order valence-corrected chi connectivity index (χ1v) is 10.6. The number of nitrogens with zero attached hydrogens (tertiary/aromatic N) is 2. The Morgan fingerprint density at radius 3 is 2.83 bits per heavy atom. The zero-order valence-corrected chi connectivity index (χ0v) is 16.3. The highest BCUT2D eigenvalue weighted by molar-refractivity contribution is 9.10. The number of halogens is 1. The van der Waals surface area contributed by atoms with E-state index in [0.29, 0.717) is 41.4 Å². The standard InChI is InChI=1S/C14H18BrN3O4S2/c1-22-6-5-18-13(19)11-9-10(15)3-4-12(11)17-14(18)23-7-2-8-24(16,20)21/h3-4,9H,2,5-8H2,1H3,(H2,16,20,21). The molecule has 7 nitrogen and oxygen atoms in total. The Kier molecular flexibility index (Phi) is 6.81. The molecule has 0 saturated carbocycles. The van der Waals surface area contributed by atoms with E-state index in [0.717, 1.165) is 4.47 Å². The number of hydrogen-bond acceptors (Lipinski definition) is 6. The average molecular weight is 436 g/mol. The summed E-state index contributed by atoms with van der Waals surface area (Å²) in [5.41, 5.74) is 0.457. The van der Waals surface area contributed by atoms with Gasteiger partial charge in [-0.05, 0) is 24.6 Å². The second-order valence-corrected chi connectivity index (χ2v) is 8.79. The largest absolute Gasteiger partial charge is 0.383 e. The van der Waals surface area contributed by atoms with Crippen molar-refractivity contribution in [2.75, 3.05) is 25.2 Å². The lowest BCUT2D eigenvalue weighted by Crippen LogP contribution is -2.25. The van der Waals surface area contributed by atoms with E-state index in [1.165, 1.54) is 11.8 Å². The second-order valence-electron chi connectivity index (χ2n) is 5.07. The van der Waals surface area contributed by atoms with Crippen molar-refractivity contribution in [3.63, 3.8) is 0 Å². The lowest BCUT2D eigenvalue weighted by Gasteiger charge is -2.12. The van der Waals surface area contributed by atoms with Gasteiger partial charge in [-0.1, -0.05) is 27.7 Å². The van der Waals surface area contributed by atoms with Gasteiger partial charge in [0.15, 0.2) is 5.16 Å². The van der Waals surface area contributed by atoms with Crippen LogP contribution in [0.15, 0.2) is 32.6 Å². The molecule has 1 aromatic heterocycles. The van der Waals surface area contributed by atoms with Gasteiger partial charge in [-0.2, -0.15) is 0 Å². The minimum absolute atomic E-state index is 0.0944. The van der Waals surface area contributed by atoms with E-state index in [9.17, 15) is 13.2 Å². The van der Waals surface area contributed by atoms with Gasteiger partial charge in [0, 0.05) is 17.3 Å². The molecule has 0 atom stereocenters. The molecular formula is C14H18BrN3O4S2. The van der Waals surface area contributed by atoms with Crippen molar-refractivity contribution < 1.29 is 13.2 Å². The number of benzene rings is 1. The Labute approximate surface area is 152 Å². The van der Waals surface area contributed by atoms with E-state index >= 15 is 0 Å². The number of aromatic nitrogens is 2. The highest BCUT2D eigenvalue weighted by Gasteiger charge is 2.12. The van der Waals surface area contributed by atoms with Crippen LogP contribution in [0.1, 0.15) is 6.42 Å². The van der Waals surface area contributed by atoms with E-state index < -0.39 is 10.0 Å². The van der Waals surface area contributed by atoms with Crippen molar-refractivity contribution in [2.24, 2.45) is 5.14 Å². The minimum Gasteiger partial charge on any atom is -0.383 e. The van der Waals surface area contributed by atoms with Crippen molar-refractivity contribution in [3.05, 3.63) is 33.0 Å². The van der Waals surface area contributed by atoms with Crippen LogP contribution in [0.4, 0.5) is 0 Å². The molecule has 0 fully saturated rings. The Morgan fingerprint density at radius 2 is 2.17 bits per heavy atom. The topological polar surface area (TPSA) is 104 Å². The lowest BCUT2D eigenvalue weighted by atomic mass is 10.2. The Morgan fingerprint density at radius 1 is 1.42 bits per heavy atom. The number of fused-ring (bicyclic) bond motifs is 1. The third-order valence-corrected chi connectivity index (χ3v) is 5.62. The third kappa shape index (κ3) is 5.28. The highest BCUT2D eigenvalue weighted by Crippen LogP contribution is 2.21. The van der Waals surface area contributed by atoms with Gasteiger partial charge >= 0.3 is 0 Å². The molecule has 1 heterocycles. The fourth-order valence-electron chi connectivity index (χ4n) is 2.09. The smallest absolute Gasteiger partial charge is 0.262 e. The van der Waals surface area contributed by atoms with Gasteiger partial charge in [0.1, 0.15) is 0 Å². The van der Waals surface area contributed by atoms with Crippen LogP contribution in [0.25, 0.3) is 10.9 Å². The predicted molar refractivity (Wildman–Crippen MR) is 98.9 cm³/mol. The van der Waals surface area contributed by atoms with Gasteiger partial charge < -0.3 is 4.74 Å². The molecule has 0 spiro atoms. The molecule has 2 N–H and O–H groups in total. The van der Waals surface area contributed by atoms with Gasteiger partial charge in [-0.3, -0.25) is 9.36 Å². The first kappa shape index (κ1) is 19.4. The van der Waals surface area contributed by atoms with E-state index in [1.54, 1.807) is 23.8 Å². The monoisotopic (exact) mass is 435 g/mol. The number of sulfonamides is 1. The Balaban J connectivity index is 2.32. The van der Waals surface area contributed by atoms with Crippen LogP contribution in [-0.4, -0.2) is 43.2 Å². The normalized spacial score (nSPS) is 12.0. The van der Waals surface area contributed by atoms with Crippen LogP contribution < -0.4 is 10.7 Å². The molecule has 24 heavy (non-hydrogen) atoms. The number of ether oxygens (including phenoxy) is 1. The van der Waals surface area contributed by atoms with Crippen molar-refractivity contribution in [3.8, 4) is 0 Å². The van der Waals surface area contributed by atoms with Gasteiger partial charge in [0.25, 0.3) is 5.56 Å². The maximum atomic E-state index is 12.7.